The highest BCUT2D eigenvalue weighted by Crippen LogP contribution is 2.32. The molecular formula is C17H12Cl2F4N2O3S. The fourth-order valence-corrected chi connectivity index (χ4v) is 5.40. The van der Waals surface area contributed by atoms with Gasteiger partial charge in [-0.25, -0.2) is 26.0 Å². The van der Waals surface area contributed by atoms with Gasteiger partial charge in [0.15, 0.2) is 23.3 Å². The lowest BCUT2D eigenvalue weighted by Gasteiger charge is -2.34. The van der Waals surface area contributed by atoms with E-state index < -0.39 is 44.8 Å². The molecule has 5 nitrogen and oxygen atoms in total. The zero-order valence-electron chi connectivity index (χ0n) is 14.4. The van der Waals surface area contributed by atoms with Crippen molar-refractivity contribution in [1.82, 2.24) is 9.21 Å². The van der Waals surface area contributed by atoms with Crippen LogP contribution in [0.15, 0.2) is 29.2 Å². The third-order valence-corrected chi connectivity index (χ3v) is 7.23. The summed E-state index contributed by atoms with van der Waals surface area (Å²) in [6, 6.07) is 4.47. The molecule has 1 aliphatic heterocycles. The molecule has 0 saturated carbocycles. The minimum Gasteiger partial charge on any atom is -0.336 e. The molecule has 1 heterocycles. The second kappa shape index (κ2) is 8.10. The number of carbonyl (C=O) groups is 1. The molecule has 2 aromatic rings. The van der Waals surface area contributed by atoms with Crippen LogP contribution in [0.25, 0.3) is 0 Å². The normalized spacial score (nSPS) is 15.6. The van der Waals surface area contributed by atoms with Gasteiger partial charge in [-0.1, -0.05) is 29.3 Å². The van der Waals surface area contributed by atoms with E-state index in [1.807, 2.05) is 0 Å². The number of nitrogens with zero attached hydrogens (tertiary/aromatic N) is 2. The molecule has 2 aromatic carbocycles. The van der Waals surface area contributed by atoms with Crippen LogP contribution in [0.2, 0.25) is 10.0 Å². The smallest absolute Gasteiger partial charge is 0.257 e. The highest BCUT2D eigenvalue weighted by atomic mass is 35.5. The van der Waals surface area contributed by atoms with Gasteiger partial charge in [0.25, 0.3) is 5.91 Å². The number of piperazine rings is 1. The number of halogens is 6. The monoisotopic (exact) mass is 470 g/mol. The van der Waals surface area contributed by atoms with Crippen LogP contribution >= 0.6 is 23.2 Å². The van der Waals surface area contributed by atoms with Crippen LogP contribution in [0.5, 0.6) is 0 Å². The summed E-state index contributed by atoms with van der Waals surface area (Å²) in [4.78, 5) is 13.1. The van der Waals surface area contributed by atoms with Crippen molar-refractivity contribution in [2.75, 3.05) is 26.2 Å². The summed E-state index contributed by atoms with van der Waals surface area (Å²) < 4.78 is 80.3. The number of sulfonamides is 1. The molecule has 12 heteroatoms. The number of hydrogen-bond donors (Lipinski definition) is 0. The minimum atomic E-state index is -4.08. The van der Waals surface area contributed by atoms with Gasteiger partial charge in [-0.15, -0.1) is 0 Å². The Morgan fingerprint density at radius 1 is 0.897 bits per heavy atom. The van der Waals surface area contributed by atoms with Gasteiger partial charge in [-0.2, -0.15) is 4.31 Å². The van der Waals surface area contributed by atoms with Crippen molar-refractivity contribution in [3.05, 3.63) is 63.1 Å². The molecular weight excluding hydrogens is 459 g/mol. The fraction of sp³-hybridized carbons (Fsp3) is 0.235. The number of rotatable bonds is 3. The van der Waals surface area contributed by atoms with Crippen LogP contribution in [0, 0.1) is 23.3 Å². The van der Waals surface area contributed by atoms with Crippen molar-refractivity contribution in [1.29, 1.82) is 0 Å². The second-order valence-electron chi connectivity index (χ2n) is 6.09. The summed E-state index contributed by atoms with van der Waals surface area (Å²) in [6.07, 6.45) is 0. The Morgan fingerprint density at radius 3 is 2.00 bits per heavy atom. The van der Waals surface area contributed by atoms with Crippen LogP contribution in [0.4, 0.5) is 17.6 Å². The lowest BCUT2D eigenvalue weighted by Crippen LogP contribution is -2.50. The molecule has 3 rings (SSSR count). The Morgan fingerprint density at radius 2 is 1.45 bits per heavy atom. The molecule has 0 aromatic heterocycles. The lowest BCUT2D eigenvalue weighted by molar-refractivity contribution is 0.0691. The standard InChI is InChI=1S/C17H12Cl2F4N2O3S/c18-10-2-1-3-11(19)16(10)29(27,28)25-6-4-24(5-7-25)17(26)9-8-12(20)14(22)15(23)13(9)21/h1-3,8H,4-7H2. The molecule has 1 fully saturated rings. The van der Waals surface area contributed by atoms with Crippen LogP contribution in [-0.2, 0) is 10.0 Å². The number of hydrogen-bond acceptors (Lipinski definition) is 3. The summed E-state index contributed by atoms with van der Waals surface area (Å²) in [5.41, 5.74) is -0.980. The molecule has 0 bridgehead atoms. The Labute approximate surface area is 173 Å². The Hall–Kier alpha value is -1.88. The first-order valence-corrected chi connectivity index (χ1v) is 10.3. The minimum absolute atomic E-state index is 0.0738. The molecule has 0 atom stereocenters. The van der Waals surface area contributed by atoms with Crippen LogP contribution < -0.4 is 0 Å². The maximum absolute atomic E-state index is 13.9. The van der Waals surface area contributed by atoms with Crippen LogP contribution in [0.3, 0.4) is 0 Å². The van der Waals surface area contributed by atoms with Gasteiger partial charge >= 0.3 is 0 Å². The summed E-state index contributed by atoms with van der Waals surface area (Å²) >= 11 is 11.9. The highest BCUT2D eigenvalue weighted by molar-refractivity contribution is 7.89. The first-order valence-electron chi connectivity index (χ1n) is 8.12. The third-order valence-electron chi connectivity index (χ3n) is 4.38. The number of benzene rings is 2. The van der Waals surface area contributed by atoms with E-state index in [1.54, 1.807) is 0 Å². The van der Waals surface area contributed by atoms with E-state index in [0.29, 0.717) is 0 Å². The molecule has 29 heavy (non-hydrogen) atoms. The maximum Gasteiger partial charge on any atom is 0.257 e. The second-order valence-corrected chi connectivity index (χ2v) is 8.78. The van der Waals surface area contributed by atoms with E-state index in [0.717, 1.165) is 9.21 Å². The number of amides is 1. The Bertz CT molecular complexity index is 1070. The van der Waals surface area contributed by atoms with E-state index in [2.05, 4.69) is 0 Å². The van der Waals surface area contributed by atoms with E-state index in [1.165, 1.54) is 18.2 Å². The van der Waals surface area contributed by atoms with Crippen molar-refractivity contribution in [2.45, 2.75) is 4.90 Å². The molecule has 1 amide bonds. The maximum atomic E-state index is 13.9. The van der Waals surface area contributed by atoms with Crippen molar-refractivity contribution < 1.29 is 30.8 Å². The molecule has 0 N–H and O–H groups in total. The van der Waals surface area contributed by atoms with Gasteiger partial charge < -0.3 is 4.90 Å². The Kier molecular flexibility index (Phi) is 6.09. The van der Waals surface area contributed by atoms with Crippen molar-refractivity contribution in [3.8, 4) is 0 Å². The first kappa shape index (κ1) is 21.8. The van der Waals surface area contributed by atoms with Crippen LogP contribution in [0.1, 0.15) is 10.4 Å². The summed E-state index contributed by atoms with van der Waals surface area (Å²) in [7, 11) is -4.08. The predicted molar refractivity (Wildman–Crippen MR) is 97.4 cm³/mol. The van der Waals surface area contributed by atoms with Crippen molar-refractivity contribution in [3.63, 3.8) is 0 Å². The SMILES string of the molecule is O=C(c1cc(F)c(F)c(F)c1F)N1CCN(S(=O)(=O)c2c(Cl)cccc2Cl)CC1. The quantitative estimate of drug-likeness (QED) is 0.390. The highest BCUT2D eigenvalue weighted by Gasteiger charge is 2.34. The van der Waals surface area contributed by atoms with Gasteiger partial charge in [0.2, 0.25) is 10.0 Å². The van der Waals surface area contributed by atoms with Gasteiger partial charge in [0, 0.05) is 26.2 Å². The van der Waals surface area contributed by atoms with Crippen molar-refractivity contribution >= 4 is 39.1 Å². The van der Waals surface area contributed by atoms with Gasteiger partial charge in [-0.3, -0.25) is 4.79 Å². The summed E-state index contributed by atoms with van der Waals surface area (Å²) in [5.74, 6) is -8.73. The van der Waals surface area contributed by atoms with E-state index in [9.17, 15) is 30.8 Å². The fourth-order valence-electron chi connectivity index (χ4n) is 2.89. The molecule has 1 aliphatic rings. The molecule has 0 unspecified atom stereocenters. The summed E-state index contributed by atoms with van der Waals surface area (Å²) in [6.45, 7) is -0.771. The average Bonchev–Trinajstić information content (AvgIpc) is 2.68. The topological polar surface area (TPSA) is 57.7 Å². The summed E-state index contributed by atoms with van der Waals surface area (Å²) in [5, 5.41) is -0.148. The van der Waals surface area contributed by atoms with Gasteiger partial charge in [0.1, 0.15) is 4.90 Å². The largest absolute Gasteiger partial charge is 0.336 e. The molecule has 0 spiro atoms. The molecule has 0 radical (unpaired) electrons. The molecule has 1 saturated heterocycles. The average molecular weight is 471 g/mol. The Balaban J connectivity index is 1.80. The van der Waals surface area contributed by atoms with E-state index in [4.69, 9.17) is 23.2 Å². The van der Waals surface area contributed by atoms with Gasteiger partial charge in [0.05, 0.1) is 15.6 Å². The predicted octanol–water partition coefficient (Wildman–Crippen LogP) is 3.70. The zero-order chi connectivity index (χ0) is 21.5. The third kappa shape index (κ3) is 3.94. The van der Waals surface area contributed by atoms with Crippen molar-refractivity contribution in [2.24, 2.45) is 0 Å². The van der Waals surface area contributed by atoms with Crippen LogP contribution in [-0.4, -0.2) is 49.7 Å². The number of carbonyl (C=O) groups excluding carboxylic acids is 1. The van der Waals surface area contributed by atoms with Gasteiger partial charge in [-0.05, 0) is 18.2 Å². The molecule has 0 aliphatic carbocycles. The first-order chi connectivity index (χ1) is 13.6. The lowest BCUT2D eigenvalue weighted by atomic mass is 10.1. The van der Waals surface area contributed by atoms with E-state index in [-0.39, 0.29) is 47.2 Å². The molecule has 156 valence electrons. The van der Waals surface area contributed by atoms with E-state index >= 15 is 0 Å². The zero-order valence-corrected chi connectivity index (χ0v) is 16.8.